The van der Waals surface area contributed by atoms with E-state index in [4.69, 9.17) is 0 Å². The fourth-order valence-electron chi connectivity index (χ4n) is 1.77. The van der Waals surface area contributed by atoms with Crippen LogP contribution in [0.5, 0.6) is 0 Å². The Bertz CT molecular complexity index is 426. The van der Waals surface area contributed by atoms with Crippen LogP contribution in [0.3, 0.4) is 0 Å². The summed E-state index contributed by atoms with van der Waals surface area (Å²) in [7, 11) is 0. The monoisotopic (exact) mass is 240 g/mol. The minimum atomic E-state index is 1.03. The van der Waals surface area contributed by atoms with Gasteiger partial charge < -0.3 is 0 Å². The summed E-state index contributed by atoms with van der Waals surface area (Å²) in [5.74, 6) is 0. The average Bonchev–Trinajstić information content (AvgIpc) is 2.36. The Labute approximate surface area is 112 Å². The van der Waals surface area contributed by atoms with Crippen molar-refractivity contribution in [3.63, 3.8) is 0 Å². The molecule has 1 rings (SSSR count). The smallest absolute Gasteiger partial charge is 0.00949 e. The zero-order valence-corrected chi connectivity index (χ0v) is 11.9. The summed E-state index contributed by atoms with van der Waals surface area (Å²) in [5, 5.41) is 0. The van der Waals surface area contributed by atoms with E-state index in [1.165, 1.54) is 22.3 Å². The molecule has 0 bridgehead atoms. The molecule has 0 amide bonds. The molecule has 0 aliphatic carbocycles. The lowest BCUT2D eigenvalue weighted by atomic mass is 10.0. The van der Waals surface area contributed by atoms with E-state index in [9.17, 15) is 0 Å². The zero-order chi connectivity index (χ0) is 13.4. The van der Waals surface area contributed by atoms with Crippen LogP contribution in [-0.4, -0.2) is 0 Å². The van der Waals surface area contributed by atoms with Crippen molar-refractivity contribution in [2.24, 2.45) is 0 Å². The van der Waals surface area contributed by atoms with Gasteiger partial charge in [0.25, 0.3) is 0 Å². The van der Waals surface area contributed by atoms with E-state index < -0.39 is 0 Å². The van der Waals surface area contributed by atoms with Gasteiger partial charge in [-0.25, -0.2) is 0 Å². The molecule has 0 heteroatoms. The molecule has 0 saturated carbocycles. The average molecular weight is 240 g/mol. The highest BCUT2D eigenvalue weighted by atomic mass is 14.0. The first kappa shape index (κ1) is 14.5. The second kappa shape index (κ2) is 7.71. The van der Waals surface area contributed by atoms with Gasteiger partial charge in [-0.05, 0) is 51.2 Å². The van der Waals surface area contributed by atoms with Crippen molar-refractivity contribution >= 4 is 6.08 Å². The molecule has 18 heavy (non-hydrogen) atoms. The maximum atomic E-state index is 3.77. The molecule has 0 N–H and O–H groups in total. The van der Waals surface area contributed by atoms with Crippen LogP contribution >= 0.6 is 0 Å². The Morgan fingerprint density at radius 1 is 1.06 bits per heavy atom. The van der Waals surface area contributed by atoms with Gasteiger partial charge in [-0.15, -0.1) is 0 Å². The van der Waals surface area contributed by atoms with Gasteiger partial charge >= 0.3 is 0 Å². The molecule has 0 fully saturated rings. The first-order valence-corrected chi connectivity index (χ1v) is 6.62. The molecule has 1 aromatic carbocycles. The summed E-state index contributed by atoms with van der Waals surface area (Å²) in [6, 6.07) is 8.59. The van der Waals surface area contributed by atoms with Crippen LogP contribution in [0.4, 0.5) is 0 Å². The summed E-state index contributed by atoms with van der Waals surface area (Å²) in [5.41, 5.74) is 5.42. The lowest BCUT2D eigenvalue weighted by Gasteiger charge is -2.01. The molecule has 0 radical (unpaired) electrons. The van der Waals surface area contributed by atoms with Crippen LogP contribution in [0.2, 0.25) is 0 Å². The van der Waals surface area contributed by atoms with E-state index >= 15 is 0 Å². The van der Waals surface area contributed by atoms with Gasteiger partial charge in [0.2, 0.25) is 0 Å². The van der Waals surface area contributed by atoms with Crippen LogP contribution in [0.15, 0.2) is 54.1 Å². The lowest BCUT2D eigenvalue weighted by molar-refractivity contribution is 0.956. The zero-order valence-electron chi connectivity index (χ0n) is 11.9. The fraction of sp³-hybridized carbons (Fsp3) is 0.333. The van der Waals surface area contributed by atoms with Gasteiger partial charge in [0.05, 0.1) is 0 Å². The number of rotatable bonds is 6. The van der Waals surface area contributed by atoms with E-state index in [0.29, 0.717) is 0 Å². The third-order valence-corrected chi connectivity index (χ3v) is 2.99. The van der Waals surface area contributed by atoms with Crippen molar-refractivity contribution in [3.05, 3.63) is 65.3 Å². The maximum Gasteiger partial charge on any atom is -0.00949 e. The van der Waals surface area contributed by atoms with Gasteiger partial charge in [0.1, 0.15) is 0 Å². The molecule has 0 aliphatic rings. The molecular weight excluding hydrogens is 216 g/mol. The second-order valence-corrected chi connectivity index (χ2v) is 5.02. The molecule has 0 unspecified atom stereocenters. The highest BCUT2D eigenvalue weighted by Crippen LogP contribution is 2.11. The molecule has 0 aromatic heterocycles. The van der Waals surface area contributed by atoms with Crippen molar-refractivity contribution in [2.45, 2.75) is 40.0 Å². The van der Waals surface area contributed by atoms with Gasteiger partial charge in [-0.3, -0.25) is 0 Å². The minimum Gasteiger partial charge on any atom is -0.0985 e. The van der Waals surface area contributed by atoms with Gasteiger partial charge in [0.15, 0.2) is 0 Å². The SMILES string of the molecule is C=Cc1ccc(C/C=C(\C)CCC=C(C)C)cc1. The molecule has 0 atom stereocenters. The largest absolute Gasteiger partial charge is 0.0985 e. The number of hydrogen-bond donors (Lipinski definition) is 0. The van der Waals surface area contributed by atoms with Crippen LogP contribution in [0, 0.1) is 0 Å². The van der Waals surface area contributed by atoms with Crippen molar-refractivity contribution in [1.82, 2.24) is 0 Å². The molecule has 1 aromatic rings. The molecule has 0 heterocycles. The van der Waals surface area contributed by atoms with Gasteiger partial charge in [-0.1, -0.05) is 60.2 Å². The van der Waals surface area contributed by atoms with Gasteiger partial charge in [0, 0.05) is 0 Å². The van der Waals surface area contributed by atoms with E-state index in [-0.39, 0.29) is 0 Å². The summed E-state index contributed by atoms with van der Waals surface area (Å²) in [6.45, 7) is 10.3. The number of benzene rings is 1. The molecule has 0 nitrogen and oxygen atoms in total. The minimum absolute atomic E-state index is 1.03. The van der Waals surface area contributed by atoms with E-state index in [1.54, 1.807) is 0 Å². The molecule has 96 valence electrons. The molecule has 0 saturated heterocycles. The topological polar surface area (TPSA) is 0 Å². The molecule has 0 aliphatic heterocycles. The third kappa shape index (κ3) is 5.67. The van der Waals surface area contributed by atoms with Crippen LogP contribution in [-0.2, 0) is 6.42 Å². The predicted octanol–water partition coefficient (Wildman–Crippen LogP) is 5.56. The highest BCUT2D eigenvalue weighted by molar-refractivity contribution is 5.47. The van der Waals surface area contributed by atoms with Crippen molar-refractivity contribution < 1.29 is 0 Å². The molecular formula is C18H24. The number of hydrogen-bond acceptors (Lipinski definition) is 0. The van der Waals surface area contributed by atoms with Crippen LogP contribution in [0.25, 0.3) is 6.08 Å². The second-order valence-electron chi connectivity index (χ2n) is 5.02. The Hall–Kier alpha value is -1.56. The first-order valence-electron chi connectivity index (χ1n) is 6.62. The Kier molecular flexibility index (Phi) is 6.21. The lowest BCUT2D eigenvalue weighted by Crippen LogP contribution is -1.84. The van der Waals surface area contributed by atoms with E-state index in [2.05, 4.69) is 63.8 Å². The van der Waals surface area contributed by atoms with E-state index in [1.807, 2.05) is 6.08 Å². The van der Waals surface area contributed by atoms with Crippen molar-refractivity contribution in [1.29, 1.82) is 0 Å². The van der Waals surface area contributed by atoms with Crippen molar-refractivity contribution in [3.8, 4) is 0 Å². The normalized spacial score (nSPS) is 11.2. The summed E-state index contributed by atoms with van der Waals surface area (Å²) in [4.78, 5) is 0. The van der Waals surface area contributed by atoms with E-state index in [0.717, 1.165) is 19.3 Å². The summed E-state index contributed by atoms with van der Waals surface area (Å²) >= 11 is 0. The van der Waals surface area contributed by atoms with Crippen LogP contribution < -0.4 is 0 Å². The first-order chi connectivity index (χ1) is 8.61. The summed E-state index contributed by atoms with van der Waals surface area (Å²) < 4.78 is 0. The fourth-order valence-corrected chi connectivity index (χ4v) is 1.77. The quantitative estimate of drug-likeness (QED) is 0.571. The maximum absolute atomic E-state index is 3.77. The number of allylic oxidation sites excluding steroid dienone is 4. The van der Waals surface area contributed by atoms with Crippen LogP contribution in [0.1, 0.15) is 44.7 Å². The Balaban J connectivity index is 2.46. The standard InChI is InChI=1S/C18H24/c1-5-17-11-13-18(14-12-17)10-9-16(4)8-6-7-15(2)3/h5,7,9,11-14H,1,6,8,10H2,2-4H3/b16-9+. The predicted molar refractivity (Wildman–Crippen MR) is 82.7 cm³/mol. The third-order valence-electron chi connectivity index (χ3n) is 2.99. The molecule has 0 spiro atoms. The van der Waals surface area contributed by atoms with Crippen molar-refractivity contribution in [2.75, 3.05) is 0 Å². The highest BCUT2D eigenvalue weighted by Gasteiger charge is 1.93. The summed E-state index contributed by atoms with van der Waals surface area (Å²) in [6.07, 6.45) is 9.86. The Morgan fingerprint density at radius 3 is 2.28 bits per heavy atom. The Morgan fingerprint density at radius 2 is 1.72 bits per heavy atom. The van der Waals surface area contributed by atoms with Gasteiger partial charge in [-0.2, -0.15) is 0 Å².